The number of allylic oxidation sites excluding steroid dienone is 7. The molecule has 0 fully saturated rings. The molecule has 18 heavy (non-hydrogen) atoms. The van der Waals surface area contributed by atoms with Gasteiger partial charge in [0.05, 0.1) is 0 Å². The van der Waals surface area contributed by atoms with E-state index >= 15 is 0 Å². The smallest absolute Gasteiger partial charge is 0.115 e. The largest absolute Gasteiger partial charge is 0.508 e. The van der Waals surface area contributed by atoms with Gasteiger partial charge in [-0.2, -0.15) is 0 Å². The van der Waals surface area contributed by atoms with Crippen molar-refractivity contribution in [3.63, 3.8) is 0 Å². The predicted molar refractivity (Wildman–Crippen MR) is 80.7 cm³/mol. The van der Waals surface area contributed by atoms with E-state index < -0.39 is 0 Å². The van der Waals surface area contributed by atoms with Gasteiger partial charge in [-0.15, -0.1) is 0 Å². The fourth-order valence-corrected chi connectivity index (χ4v) is 1.93. The molecule has 92 valence electrons. The van der Waals surface area contributed by atoms with E-state index in [2.05, 4.69) is 13.2 Å². The van der Waals surface area contributed by atoms with Crippen molar-refractivity contribution in [1.29, 1.82) is 0 Å². The average Bonchev–Trinajstić information content (AvgIpc) is 2.39. The van der Waals surface area contributed by atoms with Crippen LogP contribution in [0.1, 0.15) is 0 Å². The van der Waals surface area contributed by atoms with Crippen molar-refractivity contribution in [2.75, 3.05) is 0 Å². The molecule has 0 aromatic heterocycles. The molecule has 0 saturated carbocycles. The van der Waals surface area contributed by atoms with Gasteiger partial charge in [-0.3, -0.25) is 0 Å². The van der Waals surface area contributed by atoms with E-state index in [9.17, 15) is 5.11 Å². The molecule has 0 spiro atoms. The summed E-state index contributed by atoms with van der Waals surface area (Å²) in [5, 5.41) is 9.20. The lowest BCUT2D eigenvalue weighted by Crippen LogP contribution is -1.72. The summed E-state index contributed by atoms with van der Waals surface area (Å²) in [5.74, 6) is 0.276. The number of aromatic hydroxyl groups is 1. The molecular weight excluding hydrogens is 240 g/mol. The fourth-order valence-electron chi connectivity index (χ4n) is 1.15. The molecule has 0 unspecified atom stereocenters. The van der Waals surface area contributed by atoms with Crippen molar-refractivity contribution in [3.05, 3.63) is 84.9 Å². The molecular formula is C16H16OS. The van der Waals surface area contributed by atoms with Crippen molar-refractivity contribution >= 4 is 11.8 Å². The first kappa shape index (κ1) is 14.1. The lowest BCUT2D eigenvalue weighted by Gasteiger charge is -2.01. The van der Waals surface area contributed by atoms with Gasteiger partial charge in [-0.1, -0.05) is 61.4 Å². The third-order valence-corrected chi connectivity index (χ3v) is 3.05. The molecule has 1 aromatic rings. The Morgan fingerprint density at radius 2 is 1.67 bits per heavy atom. The van der Waals surface area contributed by atoms with Gasteiger partial charge in [0.15, 0.2) is 0 Å². The summed E-state index contributed by atoms with van der Waals surface area (Å²) in [5.41, 5.74) is 0. The van der Waals surface area contributed by atoms with E-state index in [-0.39, 0.29) is 5.75 Å². The van der Waals surface area contributed by atoms with Crippen LogP contribution in [0.4, 0.5) is 0 Å². The molecule has 1 aromatic carbocycles. The number of hydrogen-bond donors (Lipinski definition) is 1. The predicted octanol–water partition coefficient (Wildman–Crippen LogP) is 4.85. The number of phenols is 1. The summed E-state index contributed by atoms with van der Waals surface area (Å²) < 4.78 is 0. The third-order valence-electron chi connectivity index (χ3n) is 2.00. The Hall–Kier alpha value is -1.93. The average molecular weight is 256 g/mol. The van der Waals surface area contributed by atoms with Gasteiger partial charge in [0.1, 0.15) is 5.75 Å². The van der Waals surface area contributed by atoms with Crippen LogP contribution in [-0.2, 0) is 0 Å². The first-order chi connectivity index (χ1) is 8.76. The first-order valence-corrected chi connectivity index (χ1v) is 6.33. The lowest BCUT2D eigenvalue weighted by molar-refractivity contribution is 0.475. The Morgan fingerprint density at radius 3 is 2.28 bits per heavy atom. The Labute approximate surface area is 113 Å². The molecule has 0 amide bonds. The maximum Gasteiger partial charge on any atom is 0.115 e. The van der Waals surface area contributed by atoms with E-state index in [4.69, 9.17) is 0 Å². The van der Waals surface area contributed by atoms with Gasteiger partial charge in [-0.05, 0) is 30.3 Å². The summed E-state index contributed by atoms with van der Waals surface area (Å²) in [6.45, 7) is 7.38. The Kier molecular flexibility index (Phi) is 6.44. The van der Waals surface area contributed by atoms with Crippen LogP contribution in [0.25, 0.3) is 0 Å². The Morgan fingerprint density at radius 1 is 1.00 bits per heavy atom. The first-order valence-electron chi connectivity index (χ1n) is 5.51. The summed E-state index contributed by atoms with van der Waals surface area (Å²) >= 11 is 1.60. The highest BCUT2D eigenvalue weighted by Gasteiger charge is 1.96. The van der Waals surface area contributed by atoms with Crippen LogP contribution in [-0.4, -0.2) is 5.11 Å². The van der Waals surface area contributed by atoms with Crippen LogP contribution in [0.2, 0.25) is 0 Å². The summed E-state index contributed by atoms with van der Waals surface area (Å²) in [4.78, 5) is 2.11. The van der Waals surface area contributed by atoms with Crippen LogP contribution in [0.15, 0.2) is 89.8 Å². The molecule has 1 nitrogen and oxygen atoms in total. The molecule has 0 saturated heterocycles. The second-order valence-corrected chi connectivity index (χ2v) is 4.52. The fraction of sp³-hybridized carbons (Fsp3) is 0. The van der Waals surface area contributed by atoms with Gasteiger partial charge < -0.3 is 5.11 Å². The molecule has 0 radical (unpaired) electrons. The highest BCUT2D eigenvalue weighted by molar-refractivity contribution is 8.03. The maximum atomic E-state index is 9.20. The quantitative estimate of drug-likeness (QED) is 0.580. The minimum Gasteiger partial charge on any atom is -0.508 e. The van der Waals surface area contributed by atoms with Crippen molar-refractivity contribution < 1.29 is 5.11 Å². The zero-order chi connectivity index (χ0) is 13.2. The maximum absolute atomic E-state index is 9.20. The minimum atomic E-state index is 0.276. The summed E-state index contributed by atoms with van der Waals surface area (Å²) in [6, 6.07) is 7.09. The second kappa shape index (κ2) is 8.20. The topological polar surface area (TPSA) is 20.2 Å². The number of hydrogen-bond acceptors (Lipinski definition) is 2. The number of rotatable bonds is 6. The van der Waals surface area contributed by atoms with Gasteiger partial charge in [0.2, 0.25) is 0 Å². The highest BCUT2D eigenvalue weighted by atomic mass is 32.2. The zero-order valence-corrected chi connectivity index (χ0v) is 10.9. The highest BCUT2D eigenvalue weighted by Crippen LogP contribution is 2.28. The zero-order valence-electron chi connectivity index (χ0n) is 10.1. The lowest BCUT2D eigenvalue weighted by atomic mass is 10.3. The number of thioether (sulfide) groups is 1. The molecule has 1 N–H and O–H groups in total. The second-order valence-electron chi connectivity index (χ2n) is 3.37. The number of phenolic OH excluding ortho intramolecular Hbond substituents is 1. The molecule has 0 aliphatic rings. The molecule has 0 aliphatic heterocycles. The molecule has 0 bridgehead atoms. The van der Waals surface area contributed by atoms with Crippen LogP contribution >= 0.6 is 11.8 Å². The molecule has 0 aliphatic carbocycles. The summed E-state index contributed by atoms with van der Waals surface area (Å²) in [7, 11) is 0. The van der Waals surface area contributed by atoms with E-state index in [1.807, 2.05) is 42.5 Å². The SMILES string of the molecule is C=C\C=C/C=C\C=C(/C=C)Sc1ccc(O)cc1. The van der Waals surface area contributed by atoms with Gasteiger partial charge >= 0.3 is 0 Å². The van der Waals surface area contributed by atoms with Gasteiger partial charge in [0, 0.05) is 9.80 Å². The van der Waals surface area contributed by atoms with E-state index in [1.54, 1.807) is 36.0 Å². The normalized spacial score (nSPS) is 12.1. The van der Waals surface area contributed by atoms with Gasteiger partial charge in [0.25, 0.3) is 0 Å². The van der Waals surface area contributed by atoms with Crippen molar-refractivity contribution in [2.24, 2.45) is 0 Å². The molecule has 1 rings (SSSR count). The molecule has 2 heteroatoms. The van der Waals surface area contributed by atoms with Crippen LogP contribution in [0.3, 0.4) is 0 Å². The Balaban J connectivity index is 2.66. The Bertz CT molecular complexity index is 478. The number of benzene rings is 1. The van der Waals surface area contributed by atoms with Crippen molar-refractivity contribution in [1.82, 2.24) is 0 Å². The van der Waals surface area contributed by atoms with Crippen LogP contribution in [0.5, 0.6) is 5.75 Å². The van der Waals surface area contributed by atoms with Crippen LogP contribution < -0.4 is 0 Å². The monoisotopic (exact) mass is 256 g/mol. The van der Waals surface area contributed by atoms with Crippen molar-refractivity contribution in [3.8, 4) is 5.75 Å². The van der Waals surface area contributed by atoms with E-state index in [1.165, 1.54) is 0 Å². The van der Waals surface area contributed by atoms with E-state index in [0.717, 1.165) is 9.80 Å². The van der Waals surface area contributed by atoms with E-state index in [0.29, 0.717) is 0 Å². The summed E-state index contributed by atoms with van der Waals surface area (Å²) in [6.07, 6.45) is 13.2. The molecule has 0 atom stereocenters. The standard InChI is InChI=1S/C16H16OS/c1-3-5-6-7-8-9-15(4-2)18-16-12-10-14(17)11-13-16/h3-13,17H,1-2H2/b6-5-,8-7-,15-9+. The molecule has 0 heterocycles. The third kappa shape index (κ3) is 5.41. The van der Waals surface area contributed by atoms with Gasteiger partial charge in [-0.25, -0.2) is 0 Å². The minimum absolute atomic E-state index is 0.276. The van der Waals surface area contributed by atoms with Crippen LogP contribution in [0, 0.1) is 0 Å². The van der Waals surface area contributed by atoms with Crippen molar-refractivity contribution in [2.45, 2.75) is 4.90 Å².